The van der Waals surface area contributed by atoms with Crippen LogP contribution in [0.25, 0.3) is 11.0 Å². The van der Waals surface area contributed by atoms with E-state index < -0.39 is 0 Å². The van der Waals surface area contributed by atoms with Gasteiger partial charge in [0.05, 0.1) is 17.1 Å². The second-order valence-electron chi connectivity index (χ2n) is 8.27. The van der Waals surface area contributed by atoms with E-state index in [2.05, 4.69) is 21.1 Å². The molecule has 0 saturated heterocycles. The first kappa shape index (κ1) is 18.9. The Morgan fingerprint density at radius 3 is 2.78 bits per heavy atom. The zero-order valence-corrected chi connectivity index (χ0v) is 17.7. The molecule has 1 fully saturated rings. The number of carbonyl (C=O) groups excluding carboxylic acids is 1. The van der Waals surface area contributed by atoms with E-state index in [4.69, 9.17) is 9.26 Å². The summed E-state index contributed by atoms with van der Waals surface area (Å²) < 4.78 is 11.5. The minimum atomic E-state index is -0.118. The number of carbonyl (C=O) groups is 1. The fourth-order valence-corrected chi connectivity index (χ4v) is 4.37. The number of aromatic nitrogens is 2. The van der Waals surface area contributed by atoms with Gasteiger partial charge in [-0.05, 0) is 50.1 Å². The number of pyridine rings is 1. The molecule has 7 heteroatoms. The molecule has 2 aromatic carbocycles. The SMILES string of the molecule is Cc1noc2cc(Oc3ccncc3C(=O)N3CCN(C4CC4)c4ccccc43)ccc12. The van der Waals surface area contributed by atoms with E-state index >= 15 is 0 Å². The number of hydrogen-bond donors (Lipinski definition) is 0. The Morgan fingerprint density at radius 1 is 1.09 bits per heavy atom. The smallest absolute Gasteiger partial charge is 0.263 e. The summed E-state index contributed by atoms with van der Waals surface area (Å²) >= 11 is 0. The van der Waals surface area contributed by atoms with Crippen LogP contribution in [-0.4, -0.2) is 35.2 Å². The van der Waals surface area contributed by atoms with Crippen LogP contribution in [0.15, 0.2) is 65.4 Å². The zero-order valence-electron chi connectivity index (χ0n) is 17.7. The van der Waals surface area contributed by atoms with Crippen molar-refractivity contribution >= 4 is 28.3 Å². The van der Waals surface area contributed by atoms with Crippen LogP contribution in [-0.2, 0) is 0 Å². The van der Waals surface area contributed by atoms with E-state index in [9.17, 15) is 4.79 Å². The van der Waals surface area contributed by atoms with Gasteiger partial charge >= 0.3 is 0 Å². The summed E-state index contributed by atoms with van der Waals surface area (Å²) in [5, 5.41) is 4.93. The van der Waals surface area contributed by atoms with Gasteiger partial charge in [-0.3, -0.25) is 9.78 Å². The maximum atomic E-state index is 13.6. The number of hydrogen-bond acceptors (Lipinski definition) is 6. The highest BCUT2D eigenvalue weighted by Gasteiger charge is 2.36. The summed E-state index contributed by atoms with van der Waals surface area (Å²) in [7, 11) is 0. The van der Waals surface area contributed by atoms with E-state index in [0.29, 0.717) is 35.2 Å². The molecule has 0 N–H and O–H groups in total. The Hall–Kier alpha value is -3.87. The van der Waals surface area contributed by atoms with Crippen LogP contribution >= 0.6 is 0 Å². The van der Waals surface area contributed by atoms with Gasteiger partial charge in [-0.1, -0.05) is 17.3 Å². The van der Waals surface area contributed by atoms with Crippen molar-refractivity contribution in [1.29, 1.82) is 0 Å². The third kappa shape index (κ3) is 3.17. The highest BCUT2D eigenvalue weighted by molar-refractivity contribution is 6.09. The first-order valence-electron chi connectivity index (χ1n) is 10.8. The Labute approximate surface area is 185 Å². The van der Waals surface area contributed by atoms with Crippen molar-refractivity contribution in [2.24, 2.45) is 0 Å². The minimum Gasteiger partial charge on any atom is -0.456 e. The van der Waals surface area contributed by atoms with Gasteiger partial charge in [0, 0.05) is 43.0 Å². The van der Waals surface area contributed by atoms with Gasteiger partial charge in [0.1, 0.15) is 17.1 Å². The van der Waals surface area contributed by atoms with Crippen molar-refractivity contribution in [3.8, 4) is 11.5 Å². The minimum absolute atomic E-state index is 0.118. The molecule has 0 spiro atoms. The summed E-state index contributed by atoms with van der Waals surface area (Å²) in [4.78, 5) is 22.1. The second kappa shape index (κ2) is 7.37. The Bertz CT molecular complexity index is 1330. The average Bonchev–Trinajstić information content (AvgIpc) is 3.61. The molecule has 7 nitrogen and oxygen atoms in total. The molecule has 1 saturated carbocycles. The molecule has 0 radical (unpaired) electrons. The summed E-state index contributed by atoms with van der Waals surface area (Å²) in [5.74, 6) is 0.920. The lowest BCUT2D eigenvalue weighted by Crippen LogP contribution is -2.45. The molecular formula is C25H22N4O3. The summed E-state index contributed by atoms with van der Waals surface area (Å²) in [6.07, 6.45) is 5.64. The molecule has 3 heterocycles. The van der Waals surface area contributed by atoms with E-state index in [-0.39, 0.29) is 5.91 Å². The number of para-hydroxylation sites is 2. The predicted octanol–water partition coefficient (Wildman–Crippen LogP) is 4.95. The maximum Gasteiger partial charge on any atom is 0.263 e. The van der Waals surface area contributed by atoms with Crippen molar-refractivity contribution in [2.75, 3.05) is 22.9 Å². The molecule has 2 aliphatic rings. The van der Waals surface area contributed by atoms with Crippen LogP contribution in [0.4, 0.5) is 11.4 Å². The topological polar surface area (TPSA) is 71.7 Å². The molecule has 32 heavy (non-hydrogen) atoms. The number of amides is 1. The zero-order chi connectivity index (χ0) is 21.7. The van der Waals surface area contributed by atoms with Gasteiger partial charge < -0.3 is 19.1 Å². The predicted molar refractivity (Wildman–Crippen MR) is 122 cm³/mol. The largest absolute Gasteiger partial charge is 0.456 e. The van der Waals surface area contributed by atoms with Gasteiger partial charge in [-0.15, -0.1) is 0 Å². The third-order valence-electron chi connectivity index (χ3n) is 6.14. The van der Waals surface area contributed by atoms with E-state index in [1.54, 1.807) is 24.5 Å². The van der Waals surface area contributed by atoms with E-state index in [0.717, 1.165) is 29.0 Å². The molecule has 0 unspecified atom stereocenters. The number of rotatable bonds is 4. The van der Waals surface area contributed by atoms with Crippen molar-refractivity contribution in [1.82, 2.24) is 10.1 Å². The number of aryl methyl sites for hydroxylation is 1. The van der Waals surface area contributed by atoms with Gasteiger partial charge in [0.15, 0.2) is 5.58 Å². The number of benzene rings is 2. The van der Waals surface area contributed by atoms with E-state index in [1.165, 1.54) is 12.8 Å². The average molecular weight is 426 g/mol. The van der Waals surface area contributed by atoms with Crippen LogP contribution in [0, 0.1) is 6.92 Å². The van der Waals surface area contributed by atoms with Gasteiger partial charge in [0.25, 0.3) is 5.91 Å². The van der Waals surface area contributed by atoms with Crippen LogP contribution in [0.2, 0.25) is 0 Å². The third-order valence-corrected chi connectivity index (χ3v) is 6.14. The van der Waals surface area contributed by atoms with Gasteiger partial charge in [0.2, 0.25) is 0 Å². The summed E-state index contributed by atoms with van der Waals surface area (Å²) in [6.45, 7) is 3.35. The van der Waals surface area contributed by atoms with Crippen LogP contribution < -0.4 is 14.5 Å². The van der Waals surface area contributed by atoms with Gasteiger partial charge in [-0.2, -0.15) is 0 Å². The van der Waals surface area contributed by atoms with Crippen LogP contribution in [0.5, 0.6) is 11.5 Å². The first-order chi connectivity index (χ1) is 15.7. The fraction of sp³-hybridized carbons (Fsp3) is 0.240. The Morgan fingerprint density at radius 2 is 1.94 bits per heavy atom. The van der Waals surface area contributed by atoms with Crippen molar-refractivity contribution in [3.05, 3.63) is 72.2 Å². The van der Waals surface area contributed by atoms with Crippen molar-refractivity contribution < 1.29 is 14.1 Å². The number of nitrogens with zero attached hydrogens (tertiary/aromatic N) is 4. The molecule has 0 bridgehead atoms. The normalized spacial score (nSPS) is 15.7. The molecule has 4 aromatic rings. The molecule has 1 aliphatic heterocycles. The van der Waals surface area contributed by atoms with Gasteiger partial charge in [-0.25, -0.2) is 0 Å². The summed E-state index contributed by atoms with van der Waals surface area (Å²) in [5.41, 5.74) is 3.95. The molecule has 1 amide bonds. The monoisotopic (exact) mass is 426 g/mol. The summed E-state index contributed by atoms with van der Waals surface area (Å²) in [6, 6.07) is 16.0. The lowest BCUT2D eigenvalue weighted by Gasteiger charge is -2.38. The maximum absolute atomic E-state index is 13.6. The molecule has 2 aromatic heterocycles. The van der Waals surface area contributed by atoms with E-state index in [1.807, 2.05) is 42.2 Å². The molecule has 1 aliphatic carbocycles. The second-order valence-corrected chi connectivity index (χ2v) is 8.27. The fourth-order valence-electron chi connectivity index (χ4n) is 4.37. The molecule has 6 rings (SSSR count). The quantitative estimate of drug-likeness (QED) is 0.460. The number of fused-ring (bicyclic) bond motifs is 2. The highest BCUT2D eigenvalue weighted by Crippen LogP contribution is 2.41. The van der Waals surface area contributed by atoms with Crippen LogP contribution in [0.1, 0.15) is 28.9 Å². The molecule has 160 valence electrons. The van der Waals surface area contributed by atoms with Crippen LogP contribution in [0.3, 0.4) is 0 Å². The lowest BCUT2D eigenvalue weighted by atomic mass is 10.1. The molecule has 0 atom stereocenters. The lowest BCUT2D eigenvalue weighted by molar-refractivity contribution is 0.0984. The Balaban J connectivity index is 1.33. The van der Waals surface area contributed by atoms with Crippen molar-refractivity contribution in [2.45, 2.75) is 25.8 Å². The standard InChI is InChI=1S/C25H22N4O3/c1-16-19-9-8-18(14-24(19)32-27-16)31-23-10-11-26-15-20(23)25(30)29-13-12-28(17-6-7-17)21-4-2-3-5-22(21)29/h2-5,8-11,14-15,17H,6-7,12-13H2,1H3. The number of anilines is 2. The number of ether oxygens (including phenoxy) is 1. The highest BCUT2D eigenvalue weighted by atomic mass is 16.5. The Kier molecular flexibility index (Phi) is 4.35. The first-order valence-corrected chi connectivity index (χ1v) is 10.8. The van der Waals surface area contributed by atoms with Crippen molar-refractivity contribution in [3.63, 3.8) is 0 Å². The molecular weight excluding hydrogens is 404 g/mol.